The van der Waals surface area contributed by atoms with Crippen LogP contribution >= 0.6 is 15.9 Å². The van der Waals surface area contributed by atoms with Crippen molar-refractivity contribution in [2.75, 3.05) is 13.2 Å². The van der Waals surface area contributed by atoms with Gasteiger partial charge in [-0.1, -0.05) is 15.9 Å². The van der Waals surface area contributed by atoms with E-state index in [2.05, 4.69) is 21.0 Å². The van der Waals surface area contributed by atoms with E-state index in [4.69, 9.17) is 9.47 Å². The average molecular weight is 369 g/mol. The summed E-state index contributed by atoms with van der Waals surface area (Å²) in [5.74, 6) is -0.490. The summed E-state index contributed by atoms with van der Waals surface area (Å²) in [5, 5.41) is 5.47. The number of hydrogen-bond acceptors (Lipinski definition) is 5. The predicted molar refractivity (Wildman–Crippen MR) is 85.7 cm³/mol. The fourth-order valence-electron chi connectivity index (χ4n) is 2.07. The highest BCUT2D eigenvalue weighted by molar-refractivity contribution is 9.10. The zero-order valence-electron chi connectivity index (χ0n) is 12.5. The van der Waals surface area contributed by atoms with Crippen LogP contribution in [0.5, 0.6) is 0 Å². The number of aromatic nitrogens is 2. The first-order valence-electron chi connectivity index (χ1n) is 6.99. The molecule has 0 aliphatic rings. The summed E-state index contributed by atoms with van der Waals surface area (Å²) in [4.78, 5) is 24.1. The number of hydrogen-bond donors (Lipinski definition) is 0. The van der Waals surface area contributed by atoms with Crippen LogP contribution in [0.1, 0.15) is 19.5 Å². The van der Waals surface area contributed by atoms with Crippen LogP contribution in [0.25, 0.3) is 10.8 Å². The van der Waals surface area contributed by atoms with Gasteiger partial charge in [0.2, 0.25) is 0 Å². The molecule has 0 spiro atoms. The molecule has 118 valence electrons. The first kappa shape index (κ1) is 16.6. The molecule has 0 N–H and O–H groups in total. The number of esters is 1. The second-order valence-corrected chi connectivity index (χ2v) is 5.46. The van der Waals surface area contributed by atoms with Gasteiger partial charge in [-0.2, -0.15) is 5.10 Å². The molecule has 0 unspecified atom stereocenters. The fourth-order valence-corrected chi connectivity index (χ4v) is 2.43. The largest absolute Gasteiger partial charge is 0.465 e. The van der Waals surface area contributed by atoms with Crippen molar-refractivity contribution in [1.82, 2.24) is 9.78 Å². The molecule has 2 aromatic rings. The molecule has 2 rings (SSSR count). The van der Waals surface area contributed by atoms with E-state index in [0.717, 1.165) is 9.15 Å². The number of fused-ring (bicyclic) bond motifs is 1. The average Bonchev–Trinajstić information content (AvgIpc) is 2.49. The molecule has 1 heterocycles. The Bertz CT molecular complexity index is 742. The number of benzene rings is 1. The second kappa shape index (κ2) is 7.51. The second-order valence-electron chi connectivity index (χ2n) is 4.54. The zero-order valence-corrected chi connectivity index (χ0v) is 14.1. The first-order chi connectivity index (χ1) is 10.6. The summed E-state index contributed by atoms with van der Waals surface area (Å²) in [7, 11) is 0. The van der Waals surface area contributed by atoms with Crippen molar-refractivity contribution in [2.24, 2.45) is 0 Å². The lowest BCUT2D eigenvalue weighted by Gasteiger charge is -2.11. The summed E-state index contributed by atoms with van der Waals surface area (Å²) in [6, 6.07) is 5.32. The number of nitrogens with zero attached hydrogens (tertiary/aromatic N) is 2. The van der Waals surface area contributed by atoms with Crippen LogP contribution in [-0.2, 0) is 27.4 Å². The quantitative estimate of drug-likeness (QED) is 0.731. The third-order valence-corrected chi connectivity index (χ3v) is 3.52. The highest BCUT2D eigenvalue weighted by Gasteiger charge is 2.14. The van der Waals surface area contributed by atoms with Gasteiger partial charge in [-0.15, -0.1) is 0 Å². The van der Waals surface area contributed by atoms with Gasteiger partial charge in [-0.3, -0.25) is 9.59 Å². The van der Waals surface area contributed by atoms with Crippen molar-refractivity contribution < 1.29 is 14.3 Å². The van der Waals surface area contributed by atoms with E-state index in [0.29, 0.717) is 23.1 Å². The van der Waals surface area contributed by atoms with Crippen molar-refractivity contribution in [1.29, 1.82) is 0 Å². The van der Waals surface area contributed by atoms with Gasteiger partial charge in [0.25, 0.3) is 5.56 Å². The minimum atomic E-state index is -0.490. The smallest absolute Gasteiger partial charge is 0.327 e. The highest BCUT2D eigenvalue weighted by atomic mass is 79.9. The monoisotopic (exact) mass is 368 g/mol. The third kappa shape index (κ3) is 3.72. The van der Waals surface area contributed by atoms with E-state index < -0.39 is 5.97 Å². The molecular weight excluding hydrogens is 352 g/mol. The van der Waals surface area contributed by atoms with Crippen LogP contribution in [0.15, 0.2) is 27.5 Å². The van der Waals surface area contributed by atoms with E-state index in [1.165, 1.54) is 0 Å². The Morgan fingerprint density at radius 3 is 2.73 bits per heavy atom. The summed E-state index contributed by atoms with van der Waals surface area (Å²) >= 11 is 3.39. The highest BCUT2D eigenvalue weighted by Crippen LogP contribution is 2.20. The molecule has 0 saturated carbocycles. The lowest BCUT2D eigenvalue weighted by molar-refractivity contribution is -0.144. The summed E-state index contributed by atoms with van der Waals surface area (Å²) < 4.78 is 12.3. The Morgan fingerprint density at radius 1 is 1.27 bits per heavy atom. The molecule has 1 aromatic carbocycles. The number of ether oxygens (including phenoxy) is 2. The van der Waals surface area contributed by atoms with E-state index in [1.807, 2.05) is 13.0 Å². The van der Waals surface area contributed by atoms with Gasteiger partial charge in [0, 0.05) is 16.5 Å². The molecule has 0 fully saturated rings. The molecule has 0 atom stereocenters. The molecule has 0 aliphatic carbocycles. The predicted octanol–water partition coefficient (Wildman–Crippen LogP) is 2.26. The van der Waals surface area contributed by atoms with Gasteiger partial charge in [0.05, 0.1) is 24.3 Å². The van der Waals surface area contributed by atoms with Crippen LogP contribution in [0.3, 0.4) is 0 Å². The molecule has 0 saturated heterocycles. The molecule has 22 heavy (non-hydrogen) atoms. The molecule has 7 heteroatoms. The number of halogens is 1. The maximum atomic E-state index is 12.4. The maximum Gasteiger partial charge on any atom is 0.327 e. The lowest BCUT2D eigenvalue weighted by Crippen LogP contribution is -2.29. The number of carbonyl (C=O) groups excluding carboxylic acids is 1. The minimum absolute atomic E-state index is 0.211. The van der Waals surface area contributed by atoms with Gasteiger partial charge in [0.15, 0.2) is 0 Å². The third-order valence-electron chi connectivity index (χ3n) is 3.03. The normalized spacial score (nSPS) is 10.9. The van der Waals surface area contributed by atoms with Crippen LogP contribution in [-0.4, -0.2) is 29.0 Å². The van der Waals surface area contributed by atoms with Crippen molar-refractivity contribution in [3.05, 3.63) is 38.7 Å². The summed E-state index contributed by atoms with van der Waals surface area (Å²) in [6.07, 6.45) is 0. The molecule has 0 aliphatic heterocycles. The Balaban J connectivity index is 2.53. The molecule has 6 nitrogen and oxygen atoms in total. The van der Waals surface area contributed by atoms with Crippen molar-refractivity contribution in [2.45, 2.75) is 27.0 Å². The van der Waals surface area contributed by atoms with Gasteiger partial charge < -0.3 is 9.47 Å². The summed E-state index contributed by atoms with van der Waals surface area (Å²) in [6.45, 7) is 4.46. The Hall–Kier alpha value is -1.73. The van der Waals surface area contributed by atoms with Gasteiger partial charge in [-0.05, 0) is 32.0 Å². The van der Waals surface area contributed by atoms with Gasteiger partial charge >= 0.3 is 5.97 Å². The SMILES string of the molecule is CCOCc1nn(CC(=O)OCC)c(=O)c2ccc(Br)cc12. The summed E-state index contributed by atoms with van der Waals surface area (Å²) in [5.41, 5.74) is 0.290. The lowest BCUT2D eigenvalue weighted by atomic mass is 10.1. The van der Waals surface area contributed by atoms with Crippen LogP contribution in [0.4, 0.5) is 0 Å². The molecule has 0 radical (unpaired) electrons. The van der Waals surface area contributed by atoms with Crippen LogP contribution in [0.2, 0.25) is 0 Å². The molecular formula is C15H17BrN2O4. The molecule has 1 aromatic heterocycles. The fraction of sp³-hybridized carbons (Fsp3) is 0.400. The number of carbonyl (C=O) groups is 1. The maximum absolute atomic E-state index is 12.4. The van der Waals surface area contributed by atoms with E-state index in [-0.39, 0.29) is 25.3 Å². The van der Waals surface area contributed by atoms with Crippen molar-refractivity contribution in [3.8, 4) is 0 Å². The Kier molecular flexibility index (Phi) is 5.68. The molecule has 0 bridgehead atoms. The standard InChI is InChI=1S/C15H17BrN2O4/c1-3-21-9-13-12-7-10(16)5-6-11(12)15(20)18(17-13)8-14(19)22-4-2/h5-7H,3-4,8-9H2,1-2H3. The van der Waals surface area contributed by atoms with E-state index >= 15 is 0 Å². The van der Waals surface area contributed by atoms with Crippen LogP contribution < -0.4 is 5.56 Å². The Labute approximate surface area is 136 Å². The Morgan fingerprint density at radius 2 is 2.05 bits per heavy atom. The number of rotatable bonds is 6. The van der Waals surface area contributed by atoms with Crippen molar-refractivity contribution >= 4 is 32.7 Å². The first-order valence-corrected chi connectivity index (χ1v) is 7.78. The van der Waals surface area contributed by atoms with Gasteiger partial charge in [-0.25, -0.2) is 4.68 Å². The van der Waals surface area contributed by atoms with E-state index in [1.54, 1.807) is 19.1 Å². The van der Waals surface area contributed by atoms with Gasteiger partial charge in [0.1, 0.15) is 6.54 Å². The minimum Gasteiger partial charge on any atom is -0.465 e. The van der Waals surface area contributed by atoms with Crippen molar-refractivity contribution in [3.63, 3.8) is 0 Å². The topological polar surface area (TPSA) is 70.4 Å². The molecule has 0 amide bonds. The van der Waals surface area contributed by atoms with E-state index in [9.17, 15) is 9.59 Å². The zero-order chi connectivity index (χ0) is 16.1. The van der Waals surface area contributed by atoms with Crippen LogP contribution in [0, 0.1) is 0 Å².